The Morgan fingerprint density at radius 2 is 2.25 bits per heavy atom. The summed E-state index contributed by atoms with van der Waals surface area (Å²) in [5.41, 5.74) is 8.87. The van der Waals surface area contributed by atoms with E-state index in [4.69, 9.17) is 10.2 Å². The van der Waals surface area contributed by atoms with Crippen molar-refractivity contribution in [2.75, 3.05) is 6.54 Å². The van der Waals surface area contributed by atoms with E-state index in [1.54, 1.807) is 6.26 Å². The second kappa shape index (κ2) is 4.94. The molecule has 2 N–H and O–H groups in total. The minimum atomic E-state index is 0.608. The molecule has 1 aromatic carbocycles. The van der Waals surface area contributed by atoms with Crippen LogP contribution in [0.2, 0.25) is 0 Å². The highest BCUT2D eigenvalue weighted by atomic mass is 16.3. The van der Waals surface area contributed by atoms with E-state index >= 15 is 0 Å². The fraction of sp³-hybridized carbons (Fsp3) is 0.308. The molecule has 0 aliphatic carbocycles. The Bertz CT molecular complexity index is 462. The molecule has 2 aromatic rings. The van der Waals surface area contributed by atoms with Gasteiger partial charge in [0.2, 0.25) is 0 Å². The molecule has 0 saturated carbocycles. The van der Waals surface area contributed by atoms with Crippen LogP contribution in [0.15, 0.2) is 34.9 Å². The summed E-state index contributed by atoms with van der Waals surface area (Å²) in [6, 6.07) is 8.36. The Labute approximate surface area is 95.3 Å². The quantitative estimate of drug-likeness (QED) is 0.851. The number of hydrogen-bond donors (Lipinski definition) is 1. The van der Waals surface area contributed by atoms with Gasteiger partial charge in [0.15, 0.2) is 5.89 Å². The third kappa shape index (κ3) is 2.70. The second-order valence-corrected chi connectivity index (χ2v) is 3.94. The summed E-state index contributed by atoms with van der Waals surface area (Å²) in [6.45, 7) is 2.69. The lowest BCUT2D eigenvalue weighted by Gasteiger charge is -1.98. The maximum absolute atomic E-state index is 5.46. The minimum absolute atomic E-state index is 0.608. The van der Waals surface area contributed by atoms with Gasteiger partial charge in [-0.1, -0.05) is 29.8 Å². The van der Waals surface area contributed by atoms with Gasteiger partial charge in [0.1, 0.15) is 6.26 Å². The molecule has 0 unspecified atom stereocenters. The zero-order valence-electron chi connectivity index (χ0n) is 9.44. The van der Waals surface area contributed by atoms with Crippen LogP contribution in [0.25, 0.3) is 0 Å². The molecule has 84 valence electrons. The summed E-state index contributed by atoms with van der Waals surface area (Å²) in [5, 5.41) is 0. The standard InChI is InChI=1S/C13H16N2O/c1-10-3-2-4-11(7-10)8-13-15-12(5-6-14)9-16-13/h2-4,7,9H,5-6,8,14H2,1H3. The van der Waals surface area contributed by atoms with Gasteiger partial charge in [-0.25, -0.2) is 4.98 Å². The van der Waals surface area contributed by atoms with Crippen LogP contribution in [0.4, 0.5) is 0 Å². The van der Waals surface area contributed by atoms with Gasteiger partial charge in [0, 0.05) is 12.8 Å². The molecule has 0 atom stereocenters. The summed E-state index contributed by atoms with van der Waals surface area (Å²) in [7, 11) is 0. The molecule has 2 rings (SSSR count). The van der Waals surface area contributed by atoms with Gasteiger partial charge in [0.05, 0.1) is 5.69 Å². The van der Waals surface area contributed by atoms with Crippen LogP contribution in [-0.2, 0) is 12.8 Å². The van der Waals surface area contributed by atoms with E-state index in [1.807, 2.05) is 0 Å². The molecule has 0 aliphatic heterocycles. The fourth-order valence-electron chi connectivity index (χ4n) is 1.69. The van der Waals surface area contributed by atoms with Crippen molar-refractivity contribution in [3.8, 4) is 0 Å². The van der Waals surface area contributed by atoms with Crippen molar-refractivity contribution >= 4 is 0 Å². The molecule has 0 fully saturated rings. The van der Waals surface area contributed by atoms with Crippen LogP contribution in [0.1, 0.15) is 22.7 Å². The van der Waals surface area contributed by atoms with Crippen molar-refractivity contribution in [3.05, 3.63) is 53.2 Å². The molecule has 16 heavy (non-hydrogen) atoms. The summed E-state index contributed by atoms with van der Waals surface area (Å²) in [4.78, 5) is 4.38. The lowest BCUT2D eigenvalue weighted by atomic mass is 10.1. The molecule has 0 aliphatic rings. The second-order valence-electron chi connectivity index (χ2n) is 3.94. The molecular formula is C13H16N2O. The number of nitrogens with two attached hydrogens (primary N) is 1. The molecular weight excluding hydrogens is 200 g/mol. The monoisotopic (exact) mass is 216 g/mol. The first-order chi connectivity index (χ1) is 7.78. The maximum atomic E-state index is 5.46. The van der Waals surface area contributed by atoms with Crippen molar-refractivity contribution in [2.24, 2.45) is 5.73 Å². The molecule has 1 heterocycles. The van der Waals surface area contributed by atoms with Crippen LogP contribution in [0.3, 0.4) is 0 Å². The van der Waals surface area contributed by atoms with Gasteiger partial charge in [-0.05, 0) is 19.0 Å². The first-order valence-corrected chi connectivity index (χ1v) is 5.47. The van der Waals surface area contributed by atoms with Gasteiger partial charge in [-0.15, -0.1) is 0 Å². The number of aryl methyl sites for hydroxylation is 1. The summed E-state index contributed by atoms with van der Waals surface area (Å²) < 4.78 is 5.39. The predicted octanol–water partition coefficient (Wildman–Crippen LogP) is 2.08. The molecule has 0 bridgehead atoms. The number of nitrogens with zero attached hydrogens (tertiary/aromatic N) is 1. The van der Waals surface area contributed by atoms with Gasteiger partial charge in [-0.3, -0.25) is 0 Å². The van der Waals surface area contributed by atoms with E-state index in [-0.39, 0.29) is 0 Å². The highest BCUT2D eigenvalue weighted by molar-refractivity contribution is 5.24. The number of benzene rings is 1. The lowest BCUT2D eigenvalue weighted by molar-refractivity contribution is 0.506. The fourth-order valence-corrected chi connectivity index (χ4v) is 1.69. The average molecular weight is 216 g/mol. The van der Waals surface area contributed by atoms with Crippen LogP contribution >= 0.6 is 0 Å². The number of rotatable bonds is 4. The molecule has 0 amide bonds. The Hall–Kier alpha value is -1.61. The minimum Gasteiger partial charge on any atom is -0.448 e. The molecule has 1 aromatic heterocycles. The lowest BCUT2D eigenvalue weighted by Crippen LogP contribution is -2.02. The topological polar surface area (TPSA) is 52.0 Å². The summed E-state index contributed by atoms with van der Waals surface area (Å²) >= 11 is 0. The highest BCUT2D eigenvalue weighted by Crippen LogP contribution is 2.11. The van der Waals surface area contributed by atoms with Crippen LogP contribution in [-0.4, -0.2) is 11.5 Å². The van der Waals surface area contributed by atoms with Crippen LogP contribution in [0, 0.1) is 6.92 Å². The third-order valence-electron chi connectivity index (χ3n) is 2.44. The SMILES string of the molecule is Cc1cccc(Cc2nc(CCN)co2)c1. The Balaban J connectivity index is 2.08. The molecule has 3 nitrogen and oxygen atoms in total. The van der Waals surface area contributed by atoms with Crippen molar-refractivity contribution < 1.29 is 4.42 Å². The van der Waals surface area contributed by atoms with Gasteiger partial charge >= 0.3 is 0 Å². The highest BCUT2D eigenvalue weighted by Gasteiger charge is 2.04. The number of hydrogen-bond acceptors (Lipinski definition) is 3. The van der Waals surface area contributed by atoms with E-state index < -0.39 is 0 Å². The third-order valence-corrected chi connectivity index (χ3v) is 2.44. The van der Waals surface area contributed by atoms with E-state index in [0.717, 1.165) is 24.4 Å². The Morgan fingerprint density at radius 1 is 1.38 bits per heavy atom. The van der Waals surface area contributed by atoms with E-state index in [2.05, 4.69) is 36.2 Å². The Morgan fingerprint density at radius 3 is 3.00 bits per heavy atom. The molecule has 0 saturated heterocycles. The zero-order chi connectivity index (χ0) is 11.4. The van der Waals surface area contributed by atoms with E-state index in [0.29, 0.717) is 6.54 Å². The summed E-state index contributed by atoms with van der Waals surface area (Å²) in [5.74, 6) is 0.758. The maximum Gasteiger partial charge on any atom is 0.198 e. The predicted molar refractivity (Wildman–Crippen MR) is 63.2 cm³/mol. The van der Waals surface area contributed by atoms with Crippen molar-refractivity contribution in [1.82, 2.24) is 4.98 Å². The van der Waals surface area contributed by atoms with Crippen LogP contribution < -0.4 is 5.73 Å². The normalized spacial score (nSPS) is 10.6. The van der Waals surface area contributed by atoms with Gasteiger partial charge < -0.3 is 10.2 Å². The number of oxazole rings is 1. The van der Waals surface area contributed by atoms with Crippen molar-refractivity contribution in [2.45, 2.75) is 19.8 Å². The average Bonchev–Trinajstić information content (AvgIpc) is 2.66. The first-order valence-electron chi connectivity index (χ1n) is 5.47. The van der Waals surface area contributed by atoms with E-state index in [9.17, 15) is 0 Å². The largest absolute Gasteiger partial charge is 0.448 e. The Kier molecular flexibility index (Phi) is 3.37. The van der Waals surface area contributed by atoms with Gasteiger partial charge in [-0.2, -0.15) is 0 Å². The smallest absolute Gasteiger partial charge is 0.198 e. The zero-order valence-corrected chi connectivity index (χ0v) is 9.44. The van der Waals surface area contributed by atoms with Crippen LogP contribution in [0.5, 0.6) is 0 Å². The molecule has 0 radical (unpaired) electrons. The van der Waals surface area contributed by atoms with E-state index in [1.165, 1.54) is 11.1 Å². The van der Waals surface area contributed by atoms with Gasteiger partial charge in [0.25, 0.3) is 0 Å². The first kappa shape index (κ1) is 10.9. The van der Waals surface area contributed by atoms with Crippen molar-refractivity contribution in [1.29, 1.82) is 0 Å². The number of aromatic nitrogens is 1. The molecule has 3 heteroatoms. The van der Waals surface area contributed by atoms with Crippen molar-refractivity contribution in [3.63, 3.8) is 0 Å². The summed E-state index contributed by atoms with van der Waals surface area (Å²) in [6.07, 6.45) is 3.21. The molecule has 0 spiro atoms.